The van der Waals surface area contributed by atoms with Crippen LogP contribution in [0.25, 0.3) is 72.2 Å². The fraction of sp³-hybridized carbons (Fsp3) is 0.106. The second kappa shape index (κ2) is 11.4. The molecule has 2 heteroatoms. The summed E-state index contributed by atoms with van der Waals surface area (Å²) in [5.74, 6) is 0. The van der Waals surface area contributed by atoms with E-state index in [0.29, 0.717) is 0 Å². The standard InChI is InChI=1S/C47H36N2/c1-2-10-32(11-3-1)28-33-18-23-38(24-19-33)48-44-16-8-6-14-40(44)42-30-36(21-26-46(42)48)37-22-27-47-43(31-37)41-15-7-9-17-45(41)49(47)39-25-20-34-12-4-5-13-35(34)29-39/h1-18,21-23,26-27,29-31H,19-20,24-25,28H2. The molecule has 2 aliphatic carbocycles. The molecule has 0 atom stereocenters. The van der Waals surface area contributed by atoms with Crippen LogP contribution in [0.15, 0.2) is 157 Å². The molecule has 0 N–H and O–H groups in total. The van der Waals surface area contributed by atoms with Crippen LogP contribution in [-0.4, -0.2) is 9.13 Å². The van der Waals surface area contributed by atoms with Gasteiger partial charge in [-0.05, 0) is 108 Å². The summed E-state index contributed by atoms with van der Waals surface area (Å²) >= 11 is 0. The van der Waals surface area contributed by atoms with Crippen LogP contribution in [0.1, 0.15) is 36.0 Å². The van der Waals surface area contributed by atoms with Gasteiger partial charge in [-0.1, -0.05) is 115 Å². The molecule has 234 valence electrons. The van der Waals surface area contributed by atoms with Crippen molar-refractivity contribution in [2.45, 2.75) is 32.1 Å². The van der Waals surface area contributed by atoms with Gasteiger partial charge in [0.25, 0.3) is 0 Å². The Balaban J connectivity index is 1.07. The quantitative estimate of drug-likeness (QED) is 0.179. The normalized spacial score (nSPS) is 14.7. The Morgan fingerprint density at radius 3 is 1.67 bits per heavy atom. The second-order valence-corrected chi connectivity index (χ2v) is 13.6. The Morgan fingerprint density at radius 2 is 1.00 bits per heavy atom. The molecule has 2 heterocycles. The van der Waals surface area contributed by atoms with E-state index in [9.17, 15) is 0 Å². The van der Waals surface area contributed by atoms with E-state index in [4.69, 9.17) is 0 Å². The number of aromatic nitrogens is 2. The molecule has 8 aromatic rings. The van der Waals surface area contributed by atoms with E-state index in [0.717, 1.165) is 32.1 Å². The van der Waals surface area contributed by atoms with Crippen molar-refractivity contribution < 1.29 is 0 Å². The van der Waals surface area contributed by atoms with Crippen LogP contribution in [0.5, 0.6) is 0 Å². The van der Waals surface area contributed by atoms with Crippen molar-refractivity contribution in [3.05, 3.63) is 174 Å². The van der Waals surface area contributed by atoms with E-state index in [2.05, 4.69) is 167 Å². The third-order valence-electron chi connectivity index (χ3n) is 10.8. The molecule has 2 aromatic heterocycles. The van der Waals surface area contributed by atoms with E-state index in [-0.39, 0.29) is 0 Å². The number of nitrogens with zero attached hydrogens (tertiary/aromatic N) is 2. The van der Waals surface area contributed by atoms with Crippen molar-refractivity contribution in [3.8, 4) is 11.1 Å². The van der Waals surface area contributed by atoms with Crippen molar-refractivity contribution >= 4 is 61.1 Å². The molecule has 10 rings (SSSR count). The average molecular weight is 629 g/mol. The lowest BCUT2D eigenvalue weighted by molar-refractivity contribution is 0.890. The van der Waals surface area contributed by atoms with Gasteiger partial charge in [0.05, 0.1) is 22.1 Å². The van der Waals surface area contributed by atoms with Gasteiger partial charge in [0, 0.05) is 32.9 Å². The minimum Gasteiger partial charge on any atom is -0.313 e. The maximum absolute atomic E-state index is 2.50. The van der Waals surface area contributed by atoms with Crippen LogP contribution in [0.4, 0.5) is 0 Å². The molecule has 0 saturated heterocycles. The summed E-state index contributed by atoms with van der Waals surface area (Å²) in [6.45, 7) is 0. The summed E-state index contributed by atoms with van der Waals surface area (Å²) < 4.78 is 5.00. The van der Waals surface area contributed by atoms with Gasteiger partial charge in [-0.25, -0.2) is 0 Å². The Morgan fingerprint density at radius 1 is 0.429 bits per heavy atom. The number of hydrogen-bond donors (Lipinski definition) is 0. The zero-order chi connectivity index (χ0) is 32.3. The maximum atomic E-state index is 2.50. The number of rotatable bonds is 5. The molecule has 0 saturated carbocycles. The van der Waals surface area contributed by atoms with Gasteiger partial charge in [-0.15, -0.1) is 0 Å². The summed E-state index contributed by atoms with van der Waals surface area (Å²) in [7, 11) is 0. The molecular weight excluding hydrogens is 593 g/mol. The predicted molar refractivity (Wildman–Crippen MR) is 209 cm³/mol. The molecule has 0 amide bonds. The molecule has 0 aliphatic heterocycles. The minimum atomic E-state index is 1.02. The topological polar surface area (TPSA) is 9.86 Å². The smallest absolute Gasteiger partial charge is 0.0538 e. The van der Waals surface area contributed by atoms with E-state index >= 15 is 0 Å². The zero-order valence-corrected chi connectivity index (χ0v) is 27.4. The lowest BCUT2D eigenvalue weighted by Gasteiger charge is -2.19. The van der Waals surface area contributed by atoms with Gasteiger partial charge in [0.2, 0.25) is 0 Å². The highest BCUT2D eigenvalue weighted by atomic mass is 15.0. The highest BCUT2D eigenvalue weighted by molar-refractivity contribution is 6.13. The largest absolute Gasteiger partial charge is 0.313 e. The summed E-state index contributed by atoms with van der Waals surface area (Å²) in [4.78, 5) is 0. The van der Waals surface area contributed by atoms with Crippen molar-refractivity contribution in [2.24, 2.45) is 0 Å². The zero-order valence-electron chi connectivity index (χ0n) is 27.4. The van der Waals surface area contributed by atoms with Gasteiger partial charge < -0.3 is 9.13 Å². The van der Waals surface area contributed by atoms with Crippen molar-refractivity contribution in [1.29, 1.82) is 0 Å². The third kappa shape index (κ3) is 4.70. The molecule has 0 unspecified atom stereocenters. The van der Waals surface area contributed by atoms with Crippen molar-refractivity contribution in [3.63, 3.8) is 0 Å². The Kier molecular flexibility index (Phi) is 6.55. The van der Waals surface area contributed by atoms with Gasteiger partial charge in [0.1, 0.15) is 0 Å². The molecule has 2 nitrogen and oxygen atoms in total. The second-order valence-electron chi connectivity index (χ2n) is 13.6. The monoisotopic (exact) mass is 628 g/mol. The molecule has 49 heavy (non-hydrogen) atoms. The van der Waals surface area contributed by atoms with Crippen LogP contribution in [-0.2, 0) is 12.8 Å². The Hall–Kier alpha value is -5.86. The SMILES string of the molecule is C1=C(Cc2ccccc2)CCC(n2c3ccccc3c3cc(-c4ccc5c(c4)c4ccccc4n5C4=Cc5ccccc5CC4)ccc32)=C1. The highest BCUT2D eigenvalue weighted by Crippen LogP contribution is 2.40. The molecule has 0 radical (unpaired) electrons. The maximum Gasteiger partial charge on any atom is 0.0538 e. The molecule has 0 spiro atoms. The first-order valence-electron chi connectivity index (χ1n) is 17.6. The lowest BCUT2D eigenvalue weighted by atomic mass is 9.95. The fourth-order valence-electron chi connectivity index (χ4n) is 8.38. The minimum absolute atomic E-state index is 1.02. The van der Waals surface area contributed by atoms with Crippen LogP contribution in [0, 0.1) is 0 Å². The number of benzene rings is 6. The van der Waals surface area contributed by atoms with Crippen molar-refractivity contribution in [2.75, 3.05) is 0 Å². The van der Waals surface area contributed by atoms with Crippen LogP contribution in [0.2, 0.25) is 0 Å². The molecule has 0 fully saturated rings. The van der Waals surface area contributed by atoms with E-state index < -0.39 is 0 Å². The first-order valence-corrected chi connectivity index (χ1v) is 17.6. The summed E-state index contributed by atoms with van der Waals surface area (Å²) in [6.07, 6.45) is 12.4. The third-order valence-corrected chi connectivity index (χ3v) is 10.8. The van der Waals surface area contributed by atoms with Gasteiger partial charge in [0.15, 0.2) is 0 Å². The van der Waals surface area contributed by atoms with E-state index in [1.54, 1.807) is 0 Å². The van der Waals surface area contributed by atoms with Gasteiger partial charge >= 0.3 is 0 Å². The molecule has 2 aliphatic rings. The van der Waals surface area contributed by atoms with Crippen LogP contribution < -0.4 is 0 Å². The number of para-hydroxylation sites is 2. The number of allylic oxidation sites excluding steroid dienone is 5. The summed E-state index contributed by atoms with van der Waals surface area (Å²) in [5.41, 5.74) is 16.0. The van der Waals surface area contributed by atoms with Gasteiger partial charge in [-0.3, -0.25) is 0 Å². The Labute approximate surface area is 286 Å². The predicted octanol–water partition coefficient (Wildman–Crippen LogP) is 12.3. The molecule has 6 aromatic carbocycles. The number of aryl methyl sites for hydroxylation is 1. The summed E-state index contributed by atoms with van der Waals surface area (Å²) in [5, 5.41) is 5.23. The number of fused-ring (bicyclic) bond motifs is 7. The Bertz CT molecular complexity index is 2670. The highest BCUT2D eigenvalue weighted by Gasteiger charge is 2.20. The molecule has 0 bridgehead atoms. The van der Waals surface area contributed by atoms with E-state index in [1.165, 1.54) is 88.4 Å². The fourth-order valence-corrected chi connectivity index (χ4v) is 8.38. The average Bonchev–Trinajstić information content (AvgIpc) is 3.68. The van der Waals surface area contributed by atoms with Gasteiger partial charge in [-0.2, -0.15) is 0 Å². The summed E-state index contributed by atoms with van der Waals surface area (Å²) in [6, 6.07) is 51.6. The lowest BCUT2D eigenvalue weighted by Crippen LogP contribution is -2.04. The number of hydrogen-bond acceptors (Lipinski definition) is 0. The van der Waals surface area contributed by atoms with E-state index in [1.807, 2.05) is 0 Å². The molecular formula is C47H36N2. The van der Waals surface area contributed by atoms with Crippen LogP contribution >= 0.6 is 0 Å². The first kappa shape index (κ1) is 28.2. The first-order chi connectivity index (χ1) is 24.3. The van der Waals surface area contributed by atoms with Crippen LogP contribution in [0.3, 0.4) is 0 Å². The van der Waals surface area contributed by atoms with Crippen molar-refractivity contribution in [1.82, 2.24) is 9.13 Å².